The van der Waals surface area contributed by atoms with Gasteiger partial charge in [-0.1, -0.05) is 37.3 Å². The Bertz CT molecular complexity index is 1490. The average molecular weight is 571 g/mol. The Morgan fingerprint density at radius 2 is 1.88 bits per heavy atom. The minimum atomic E-state index is -0.417. The maximum atomic E-state index is 13.1. The van der Waals surface area contributed by atoms with E-state index in [1.54, 1.807) is 6.20 Å². The van der Waals surface area contributed by atoms with Gasteiger partial charge in [0.05, 0.1) is 23.8 Å². The van der Waals surface area contributed by atoms with Crippen LogP contribution >= 0.6 is 0 Å². The molecule has 2 aromatic carbocycles. The summed E-state index contributed by atoms with van der Waals surface area (Å²) in [5, 5.41) is 17.0. The third-order valence-electron chi connectivity index (χ3n) is 8.49. The number of fused-ring (bicyclic) bond motifs is 1. The predicted octanol–water partition coefficient (Wildman–Crippen LogP) is 4.79. The van der Waals surface area contributed by atoms with Crippen LogP contribution in [0.1, 0.15) is 73.1 Å². The van der Waals surface area contributed by atoms with E-state index in [-0.39, 0.29) is 18.1 Å². The first-order valence-corrected chi connectivity index (χ1v) is 14.7. The van der Waals surface area contributed by atoms with E-state index >= 15 is 0 Å². The Balaban J connectivity index is 1.33. The van der Waals surface area contributed by atoms with Crippen molar-refractivity contribution in [3.05, 3.63) is 77.0 Å². The number of aliphatic hydroxyl groups is 1. The minimum absolute atomic E-state index is 0.0612. The highest BCUT2D eigenvalue weighted by Gasteiger charge is 2.42. The number of aromatic nitrogens is 2. The van der Waals surface area contributed by atoms with E-state index in [0.29, 0.717) is 49.6 Å². The van der Waals surface area contributed by atoms with Crippen LogP contribution in [0.5, 0.6) is 0 Å². The Hall–Kier alpha value is -4.02. The van der Waals surface area contributed by atoms with E-state index < -0.39 is 11.6 Å². The number of aliphatic hydroxyl groups excluding tert-OH is 1. The fraction of sp³-hybridized carbons (Fsp3) is 0.438. The first-order chi connectivity index (χ1) is 20.3. The quantitative estimate of drug-likeness (QED) is 0.336. The topological polar surface area (TPSA) is 121 Å². The lowest BCUT2D eigenvalue weighted by atomic mass is 9.92. The van der Waals surface area contributed by atoms with Crippen LogP contribution in [0.25, 0.3) is 0 Å². The largest absolute Gasteiger partial charge is 0.475 e. The molecule has 42 heavy (non-hydrogen) atoms. The zero-order valence-corrected chi connectivity index (χ0v) is 24.4. The standard InChI is InChI=1S/C32H38N6O4/c1-4-14-38-29(40)23-11-10-22(17-25(23)31(38,2)3)34-30-33-18-24(28-37-32(20-42-28)12-15-41-16-13-32)27(36-30)35-26(19-39)21-8-6-5-7-9-21/h5-11,17-18,26,39H,4,12-16,19-20H2,1-3H3,(H2,33,34,35,36)/t26-/m1/s1. The number of hydrogen-bond acceptors (Lipinski definition) is 9. The van der Waals surface area contributed by atoms with Crippen LogP contribution in [0.4, 0.5) is 17.5 Å². The summed E-state index contributed by atoms with van der Waals surface area (Å²) in [6.07, 6.45) is 4.20. The number of nitrogens with one attached hydrogen (secondary N) is 2. The van der Waals surface area contributed by atoms with Gasteiger partial charge < -0.3 is 30.1 Å². The van der Waals surface area contributed by atoms with Crippen molar-refractivity contribution >= 4 is 29.3 Å². The number of nitrogens with zero attached hydrogens (tertiary/aromatic N) is 4. The lowest BCUT2D eigenvalue weighted by molar-refractivity contribution is 0.0442. The Labute approximate surface area is 246 Å². The number of aliphatic imine (C=N–C) groups is 1. The number of benzene rings is 2. The molecule has 0 radical (unpaired) electrons. The maximum Gasteiger partial charge on any atom is 0.254 e. The van der Waals surface area contributed by atoms with E-state index in [4.69, 9.17) is 19.5 Å². The van der Waals surface area contributed by atoms with E-state index in [1.165, 1.54) is 0 Å². The molecule has 0 aliphatic carbocycles. The monoisotopic (exact) mass is 570 g/mol. The maximum absolute atomic E-state index is 13.1. The van der Waals surface area contributed by atoms with Gasteiger partial charge in [-0.05, 0) is 62.4 Å². The average Bonchev–Trinajstić information content (AvgIpc) is 3.48. The number of amides is 1. The molecule has 1 aromatic heterocycles. The van der Waals surface area contributed by atoms with E-state index in [0.717, 1.165) is 41.6 Å². The second kappa shape index (κ2) is 11.3. The van der Waals surface area contributed by atoms with Crippen LogP contribution in [-0.4, -0.2) is 70.3 Å². The van der Waals surface area contributed by atoms with Gasteiger partial charge in [0.15, 0.2) is 0 Å². The first kappa shape index (κ1) is 28.1. The van der Waals surface area contributed by atoms with E-state index in [2.05, 4.69) is 36.4 Å². The first-order valence-electron chi connectivity index (χ1n) is 14.7. The number of anilines is 3. The molecule has 1 amide bonds. The van der Waals surface area contributed by atoms with Gasteiger partial charge in [-0.2, -0.15) is 4.98 Å². The predicted molar refractivity (Wildman–Crippen MR) is 161 cm³/mol. The third kappa shape index (κ3) is 5.20. The fourth-order valence-electron chi connectivity index (χ4n) is 6.01. The normalized spacial score (nSPS) is 19.3. The minimum Gasteiger partial charge on any atom is -0.475 e. The van der Waals surface area contributed by atoms with Gasteiger partial charge in [-0.25, -0.2) is 9.98 Å². The summed E-state index contributed by atoms with van der Waals surface area (Å²) >= 11 is 0. The smallest absolute Gasteiger partial charge is 0.254 e. The molecule has 3 aliphatic rings. The summed E-state index contributed by atoms with van der Waals surface area (Å²) < 4.78 is 11.7. The van der Waals surface area contributed by atoms with Gasteiger partial charge >= 0.3 is 0 Å². The Morgan fingerprint density at radius 1 is 1.10 bits per heavy atom. The highest BCUT2D eigenvalue weighted by atomic mass is 16.5. The van der Waals surface area contributed by atoms with E-state index in [9.17, 15) is 9.90 Å². The summed E-state index contributed by atoms with van der Waals surface area (Å²) in [7, 11) is 0. The van der Waals surface area contributed by atoms with E-state index in [1.807, 2.05) is 53.4 Å². The van der Waals surface area contributed by atoms with Crippen LogP contribution in [0, 0.1) is 0 Å². The molecular formula is C32H38N6O4. The number of rotatable bonds is 9. The molecule has 1 atom stereocenters. The lowest BCUT2D eigenvalue weighted by Crippen LogP contribution is -2.39. The van der Waals surface area contributed by atoms with Crippen molar-refractivity contribution < 1.29 is 19.4 Å². The molecule has 10 nitrogen and oxygen atoms in total. The van der Waals surface area contributed by atoms with Crippen LogP contribution < -0.4 is 10.6 Å². The fourth-order valence-corrected chi connectivity index (χ4v) is 6.01. The summed E-state index contributed by atoms with van der Waals surface area (Å²) in [6.45, 7) is 8.62. The molecule has 6 rings (SSSR count). The zero-order chi connectivity index (χ0) is 29.3. The molecule has 1 spiro atoms. The van der Waals surface area contributed by atoms with Crippen molar-refractivity contribution in [3.63, 3.8) is 0 Å². The molecular weight excluding hydrogens is 532 g/mol. The second-order valence-electron chi connectivity index (χ2n) is 11.7. The summed E-state index contributed by atoms with van der Waals surface area (Å²) in [6, 6.07) is 15.1. The Morgan fingerprint density at radius 3 is 2.62 bits per heavy atom. The summed E-state index contributed by atoms with van der Waals surface area (Å²) in [5.74, 6) is 1.43. The molecule has 1 saturated heterocycles. The van der Waals surface area contributed by atoms with Crippen molar-refractivity contribution in [1.82, 2.24) is 14.9 Å². The molecule has 10 heteroatoms. The highest BCUT2D eigenvalue weighted by molar-refractivity contribution is 6.01. The second-order valence-corrected chi connectivity index (χ2v) is 11.7. The molecule has 4 heterocycles. The van der Waals surface area contributed by atoms with Crippen molar-refractivity contribution in [1.29, 1.82) is 0 Å². The summed E-state index contributed by atoms with van der Waals surface area (Å²) in [5.41, 5.74) is 3.33. The molecule has 1 fully saturated rings. The van der Waals surface area contributed by atoms with Crippen molar-refractivity contribution in [3.8, 4) is 0 Å². The molecule has 0 saturated carbocycles. The Kier molecular flexibility index (Phi) is 7.59. The van der Waals surface area contributed by atoms with Gasteiger partial charge in [0.1, 0.15) is 18.0 Å². The molecule has 3 aromatic rings. The van der Waals surface area contributed by atoms with Gasteiger partial charge in [0.25, 0.3) is 5.91 Å². The van der Waals surface area contributed by atoms with Gasteiger partial charge in [0.2, 0.25) is 11.8 Å². The van der Waals surface area contributed by atoms with Gasteiger partial charge in [0, 0.05) is 37.2 Å². The number of carbonyl (C=O) groups is 1. The van der Waals surface area contributed by atoms with Crippen LogP contribution in [0.15, 0.2) is 59.7 Å². The van der Waals surface area contributed by atoms with Crippen molar-refractivity contribution in [2.45, 2.75) is 57.2 Å². The molecule has 3 aliphatic heterocycles. The van der Waals surface area contributed by atoms with Crippen LogP contribution in [0.2, 0.25) is 0 Å². The van der Waals surface area contributed by atoms with Crippen molar-refractivity contribution in [2.75, 3.05) is 43.6 Å². The third-order valence-corrected chi connectivity index (χ3v) is 8.49. The molecule has 0 unspecified atom stereocenters. The summed E-state index contributed by atoms with van der Waals surface area (Å²) in [4.78, 5) is 29.4. The molecule has 0 bridgehead atoms. The number of ether oxygens (including phenoxy) is 2. The van der Waals surface area contributed by atoms with Crippen LogP contribution in [-0.2, 0) is 15.0 Å². The number of carbonyl (C=O) groups excluding carboxylic acids is 1. The highest BCUT2D eigenvalue weighted by Crippen LogP contribution is 2.40. The van der Waals surface area contributed by atoms with Gasteiger partial charge in [-0.3, -0.25) is 4.79 Å². The SMILES string of the molecule is CCCN1C(=O)c2ccc(Nc3ncc(C4=NC5(CCOCC5)CO4)c(N[C@H](CO)c4ccccc4)n3)cc2C1(C)C. The number of hydrogen-bond donors (Lipinski definition) is 3. The molecule has 220 valence electrons. The van der Waals surface area contributed by atoms with Crippen molar-refractivity contribution in [2.24, 2.45) is 4.99 Å². The van der Waals surface area contributed by atoms with Gasteiger partial charge in [-0.15, -0.1) is 0 Å². The zero-order valence-electron chi connectivity index (χ0n) is 24.4. The molecule has 3 N–H and O–H groups in total. The lowest BCUT2D eigenvalue weighted by Gasteiger charge is -2.32. The van der Waals surface area contributed by atoms with Crippen LogP contribution in [0.3, 0.4) is 0 Å².